The van der Waals surface area contributed by atoms with E-state index in [0.29, 0.717) is 11.5 Å². The maximum atomic E-state index is 9.98. The molecule has 0 aliphatic heterocycles. The molecule has 104 valence electrons. The zero-order valence-electron chi connectivity index (χ0n) is 12.1. The van der Waals surface area contributed by atoms with E-state index in [2.05, 4.69) is 9.05 Å². The second-order valence-electron chi connectivity index (χ2n) is 3.26. The molecule has 0 radical (unpaired) electrons. The van der Waals surface area contributed by atoms with Gasteiger partial charge in [0.1, 0.15) is 0 Å². The molecule has 2 unspecified atom stereocenters. The van der Waals surface area contributed by atoms with Crippen LogP contribution < -0.4 is 122 Å². The molecule has 2 rings (SSSR count). The Morgan fingerprint density at radius 2 is 0.909 bits per heavy atom. The van der Waals surface area contributed by atoms with Crippen molar-refractivity contribution in [2.45, 2.75) is 0 Å². The van der Waals surface area contributed by atoms with Crippen molar-refractivity contribution < 1.29 is 131 Å². The molecule has 0 saturated heterocycles. The first-order chi connectivity index (χ1) is 9.58. The third-order valence-electron chi connectivity index (χ3n) is 1.85. The van der Waals surface area contributed by atoms with E-state index in [9.17, 15) is 18.9 Å². The summed E-state index contributed by atoms with van der Waals surface area (Å²) >= 11 is 0. The van der Waals surface area contributed by atoms with Gasteiger partial charge in [0.2, 0.25) is 0 Å². The van der Waals surface area contributed by atoms with E-state index in [1.807, 2.05) is 0 Å². The number of hydrogen-bond donors (Lipinski definition) is 0. The van der Waals surface area contributed by atoms with Crippen LogP contribution in [0.25, 0.3) is 0 Å². The Kier molecular flexibility index (Phi) is 18.6. The number of hydrogen-bond acceptors (Lipinski definition) is 6. The van der Waals surface area contributed by atoms with Crippen LogP contribution >= 0.6 is 16.5 Å². The van der Waals surface area contributed by atoms with E-state index in [-0.39, 0.29) is 103 Å². The van der Waals surface area contributed by atoms with Crippen LogP contribution in [-0.4, -0.2) is 0 Å². The second-order valence-corrected chi connectivity index (χ2v) is 4.52. The van der Waals surface area contributed by atoms with Crippen LogP contribution in [0.3, 0.4) is 0 Å². The van der Waals surface area contributed by atoms with Crippen LogP contribution in [0.1, 0.15) is 0 Å². The van der Waals surface area contributed by atoms with Crippen LogP contribution in [0.5, 0.6) is 11.5 Å². The molecule has 0 saturated carbocycles. The quantitative estimate of drug-likeness (QED) is 0.392. The summed E-state index contributed by atoms with van der Waals surface area (Å²) in [5, 5.41) is 0. The van der Waals surface area contributed by atoms with Gasteiger partial charge in [-0.3, -0.25) is 9.05 Å². The Balaban J connectivity index is 0. The Labute approximate surface area is 215 Å². The summed E-state index contributed by atoms with van der Waals surface area (Å²) in [5.41, 5.74) is 0. The first-order valence-corrected chi connectivity index (χ1v) is 7.52. The van der Waals surface area contributed by atoms with Crippen LogP contribution in [0.4, 0.5) is 0 Å². The average molecular weight is 390 g/mol. The normalized spacial score (nSPS) is 9.73. The molecule has 0 N–H and O–H groups in total. The van der Waals surface area contributed by atoms with E-state index < -0.39 is 16.5 Å². The van der Waals surface area contributed by atoms with Crippen molar-refractivity contribution in [3.05, 3.63) is 60.7 Å². The number of para-hydroxylation sites is 2. The minimum absolute atomic E-state index is 0. The van der Waals surface area contributed by atoms with Crippen LogP contribution in [0.15, 0.2) is 60.7 Å². The van der Waals surface area contributed by atoms with Crippen molar-refractivity contribution in [2.24, 2.45) is 0 Å². The zero-order valence-corrected chi connectivity index (χ0v) is 20.2. The van der Waals surface area contributed by atoms with Crippen LogP contribution in [-0.2, 0) is 9.13 Å². The molecule has 2 aromatic carbocycles. The summed E-state index contributed by atoms with van der Waals surface area (Å²) in [4.78, 5) is 20.0. The van der Waals surface area contributed by atoms with E-state index in [1.165, 1.54) is 0 Å². The van der Waals surface area contributed by atoms with Crippen LogP contribution in [0.2, 0.25) is 0 Å². The molecule has 6 nitrogen and oxygen atoms in total. The fourth-order valence-corrected chi connectivity index (χ4v) is 1.72. The summed E-state index contributed by atoms with van der Waals surface area (Å²) in [6.07, 6.45) is 0. The Morgan fingerprint density at radius 1 is 0.636 bits per heavy atom. The number of rotatable bonds is 4. The number of benzene rings is 2. The minimum Gasteiger partial charge on any atom is -0.558 e. The van der Waals surface area contributed by atoms with Crippen molar-refractivity contribution in [3.63, 3.8) is 0 Å². The van der Waals surface area contributed by atoms with Gasteiger partial charge in [-0.05, 0) is 33.4 Å². The predicted octanol–water partition coefficient (Wildman–Crippen LogP) is -3.83. The standard InChI is InChI=1S/2C6H5O3P.2K/c2*7-10(8)9-6-4-2-1-3-5-6;;/h2*1-5H;;/q;;2*+1. The molecular weight excluding hydrogens is 380 g/mol. The van der Waals surface area contributed by atoms with Gasteiger partial charge in [0.15, 0.2) is 11.5 Å². The van der Waals surface area contributed by atoms with Gasteiger partial charge >= 0.3 is 119 Å². The maximum absolute atomic E-state index is 9.98. The third-order valence-corrected chi connectivity index (χ3v) is 2.57. The average Bonchev–Trinajstić information content (AvgIpc) is 2.40. The van der Waals surface area contributed by atoms with Gasteiger partial charge in [-0.2, -0.15) is 0 Å². The topological polar surface area (TPSA) is 98.7 Å². The molecule has 2 atom stereocenters. The second kappa shape index (κ2) is 15.9. The Hall–Kier alpha value is 1.43. The molecule has 0 fully saturated rings. The van der Waals surface area contributed by atoms with Gasteiger partial charge in [-0.25, -0.2) is 0 Å². The van der Waals surface area contributed by atoms with Crippen molar-refractivity contribution in [2.75, 3.05) is 0 Å². The molecule has 0 aromatic heterocycles. The smallest absolute Gasteiger partial charge is 0.558 e. The maximum Gasteiger partial charge on any atom is 1.00 e. The largest absolute Gasteiger partial charge is 1.00 e. The van der Waals surface area contributed by atoms with Crippen molar-refractivity contribution in [3.8, 4) is 11.5 Å². The molecule has 2 aromatic rings. The summed E-state index contributed by atoms with van der Waals surface area (Å²) in [7, 11) is -5.55. The fraction of sp³-hybridized carbons (Fsp3) is 0. The summed E-state index contributed by atoms with van der Waals surface area (Å²) in [6, 6.07) is 16.7. The fourth-order valence-electron chi connectivity index (χ4n) is 1.13. The molecule has 22 heavy (non-hydrogen) atoms. The van der Waals surface area contributed by atoms with E-state index in [1.54, 1.807) is 60.7 Å². The molecule has 0 aliphatic carbocycles. The van der Waals surface area contributed by atoms with Crippen molar-refractivity contribution >= 4 is 16.5 Å². The molecule has 0 bridgehead atoms. The molecular formula is C12H10K2O6P2+2. The molecule has 0 aliphatic rings. The minimum atomic E-state index is -2.78. The van der Waals surface area contributed by atoms with Crippen molar-refractivity contribution in [1.82, 2.24) is 0 Å². The zero-order chi connectivity index (χ0) is 14.8. The monoisotopic (exact) mass is 390 g/mol. The van der Waals surface area contributed by atoms with Crippen molar-refractivity contribution in [1.29, 1.82) is 0 Å². The predicted molar refractivity (Wildman–Crippen MR) is 69.4 cm³/mol. The van der Waals surface area contributed by atoms with E-state index >= 15 is 0 Å². The summed E-state index contributed by atoms with van der Waals surface area (Å²) in [5.74, 6) is 0.692. The Morgan fingerprint density at radius 3 is 1.14 bits per heavy atom. The molecule has 10 heteroatoms. The molecule has 0 amide bonds. The van der Waals surface area contributed by atoms with E-state index in [0.717, 1.165) is 0 Å². The van der Waals surface area contributed by atoms with Gasteiger partial charge in [-0.15, -0.1) is 0 Å². The summed E-state index contributed by atoms with van der Waals surface area (Å²) in [6.45, 7) is 0. The van der Waals surface area contributed by atoms with Gasteiger partial charge in [0, 0.05) is 0 Å². The van der Waals surface area contributed by atoms with Gasteiger partial charge in [0.25, 0.3) is 0 Å². The molecule has 0 heterocycles. The Bertz CT molecular complexity index is 505. The van der Waals surface area contributed by atoms with Gasteiger partial charge in [-0.1, -0.05) is 36.4 Å². The third kappa shape index (κ3) is 13.8. The van der Waals surface area contributed by atoms with Gasteiger partial charge in [0.05, 0.1) is 0 Å². The summed E-state index contributed by atoms with van der Waals surface area (Å²) < 4.78 is 28.7. The first-order valence-electron chi connectivity index (χ1n) is 5.33. The molecule has 0 spiro atoms. The first kappa shape index (κ1) is 25.7. The SMILES string of the molecule is O=[P+]([O-])Oc1ccccc1.O=[P+]([O-])Oc1ccccc1.[K+].[K+]. The van der Waals surface area contributed by atoms with Gasteiger partial charge < -0.3 is 9.79 Å². The van der Waals surface area contributed by atoms with Crippen LogP contribution in [0, 0.1) is 0 Å². The van der Waals surface area contributed by atoms with E-state index in [4.69, 9.17) is 0 Å².